The van der Waals surface area contributed by atoms with Crippen LogP contribution in [0.25, 0.3) is 11.1 Å². The van der Waals surface area contributed by atoms with E-state index in [0.29, 0.717) is 38.2 Å². The minimum Gasteiger partial charge on any atom is -0.492 e. The standard InChI is InChI=1S/C44H46N4O6/c1-3-34(30-14-7-4-8-15-30)40(31-16-9-5-10-17-31)32-21-23-33(24-22-32)54-29-28-47(2)39(50)20-11-6-12-27-45-36-19-13-18-35-41(36)44(53)48(43(35)52)37-25-26-38(49)46-42(37)51/h4-5,7-10,13-19,21-24,37,45H,3,6,11-12,20,25-29H2,1-2H3,(H,46,49,51)/b40-34-. The molecule has 0 radical (unpaired) electrons. The molecule has 5 amide bonds. The van der Waals surface area contributed by atoms with E-state index >= 15 is 0 Å². The van der Waals surface area contributed by atoms with Crippen LogP contribution in [0.3, 0.4) is 0 Å². The fourth-order valence-electron chi connectivity index (χ4n) is 7.08. The number of hydrogen-bond acceptors (Lipinski definition) is 7. The normalized spacial score (nSPS) is 15.7. The number of imide groups is 2. The Morgan fingerprint density at radius 2 is 1.50 bits per heavy atom. The fraction of sp³-hybridized carbons (Fsp3) is 0.295. The number of piperidine rings is 1. The number of allylic oxidation sites excluding steroid dienone is 1. The number of benzene rings is 4. The highest BCUT2D eigenvalue weighted by Crippen LogP contribution is 2.35. The third-order valence-corrected chi connectivity index (χ3v) is 9.96. The molecule has 4 aromatic carbocycles. The number of fused-ring (bicyclic) bond motifs is 1. The average Bonchev–Trinajstić information content (AvgIpc) is 3.45. The summed E-state index contributed by atoms with van der Waals surface area (Å²) in [5.41, 5.74) is 6.97. The van der Waals surface area contributed by atoms with Crippen LogP contribution in [-0.2, 0) is 14.4 Å². The smallest absolute Gasteiger partial charge is 0.264 e. The first-order valence-corrected chi connectivity index (χ1v) is 18.7. The molecule has 4 aromatic rings. The Kier molecular flexibility index (Phi) is 12.3. The SMILES string of the molecule is CC/C(=C(\c1ccccc1)c1ccc(OCCN(C)C(=O)CCCCCNc2cccc3c2C(=O)N(C2CCC(=O)NC2=O)C3=O)cc1)c1ccccc1. The number of nitrogens with zero attached hydrogens (tertiary/aromatic N) is 2. The van der Waals surface area contributed by atoms with Gasteiger partial charge >= 0.3 is 0 Å². The van der Waals surface area contributed by atoms with Gasteiger partial charge in [-0.2, -0.15) is 0 Å². The number of anilines is 1. The summed E-state index contributed by atoms with van der Waals surface area (Å²) in [6.07, 6.45) is 3.74. The van der Waals surface area contributed by atoms with Crippen molar-refractivity contribution in [3.8, 4) is 5.75 Å². The van der Waals surface area contributed by atoms with Crippen molar-refractivity contribution in [1.29, 1.82) is 0 Å². The first kappa shape index (κ1) is 37.7. The molecular formula is C44H46N4O6. The summed E-state index contributed by atoms with van der Waals surface area (Å²) in [7, 11) is 1.79. The highest BCUT2D eigenvalue weighted by atomic mass is 16.5. The van der Waals surface area contributed by atoms with Gasteiger partial charge in [0.05, 0.1) is 17.7 Å². The molecule has 54 heavy (non-hydrogen) atoms. The van der Waals surface area contributed by atoms with Crippen LogP contribution in [0.4, 0.5) is 5.69 Å². The Morgan fingerprint density at radius 1 is 0.815 bits per heavy atom. The Morgan fingerprint density at radius 3 is 2.19 bits per heavy atom. The topological polar surface area (TPSA) is 125 Å². The Bertz CT molecular complexity index is 2030. The average molecular weight is 727 g/mol. The van der Waals surface area contributed by atoms with Crippen LogP contribution < -0.4 is 15.4 Å². The molecule has 1 saturated heterocycles. The van der Waals surface area contributed by atoms with E-state index in [2.05, 4.69) is 78.2 Å². The largest absolute Gasteiger partial charge is 0.492 e. The Hall–Kier alpha value is -6.03. The van der Waals surface area contributed by atoms with E-state index in [9.17, 15) is 24.0 Å². The van der Waals surface area contributed by atoms with E-state index in [-0.39, 0.29) is 29.9 Å². The molecule has 1 fully saturated rings. The van der Waals surface area contributed by atoms with Gasteiger partial charge in [0.1, 0.15) is 18.4 Å². The molecule has 6 rings (SSSR count). The summed E-state index contributed by atoms with van der Waals surface area (Å²) in [6, 6.07) is 33.1. The van der Waals surface area contributed by atoms with Gasteiger partial charge in [-0.15, -0.1) is 0 Å². The third-order valence-electron chi connectivity index (χ3n) is 9.96. The van der Waals surface area contributed by atoms with E-state index in [4.69, 9.17) is 4.74 Å². The lowest BCUT2D eigenvalue weighted by molar-refractivity contribution is -0.136. The van der Waals surface area contributed by atoms with Gasteiger partial charge in [0, 0.05) is 32.1 Å². The summed E-state index contributed by atoms with van der Waals surface area (Å²) in [6.45, 7) is 3.57. The summed E-state index contributed by atoms with van der Waals surface area (Å²) in [4.78, 5) is 65.8. The summed E-state index contributed by atoms with van der Waals surface area (Å²) < 4.78 is 6.04. The maximum absolute atomic E-state index is 13.3. The van der Waals surface area contributed by atoms with Crippen molar-refractivity contribution in [2.45, 2.75) is 57.9 Å². The van der Waals surface area contributed by atoms with E-state index in [1.54, 1.807) is 30.1 Å². The molecule has 2 aliphatic heterocycles. The van der Waals surface area contributed by atoms with Gasteiger partial charge in [0.25, 0.3) is 11.8 Å². The van der Waals surface area contributed by atoms with Crippen LogP contribution in [0.2, 0.25) is 0 Å². The van der Waals surface area contributed by atoms with Gasteiger partial charge in [-0.05, 0) is 77.8 Å². The number of rotatable bonds is 16. The van der Waals surface area contributed by atoms with Crippen molar-refractivity contribution in [1.82, 2.24) is 15.1 Å². The van der Waals surface area contributed by atoms with Gasteiger partial charge in [-0.3, -0.25) is 34.2 Å². The van der Waals surface area contributed by atoms with Crippen LogP contribution >= 0.6 is 0 Å². The number of likely N-dealkylation sites (N-methyl/N-ethyl adjacent to an activating group) is 1. The maximum Gasteiger partial charge on any atom is 0.264 e. The monoisotopic (exact) mass is 726 g/mol. The molecule has 278 valence electrons. The second kappa shape index (κ2) is 17.7. The lowest BCUT2D eigenvalue weighted by atomic mass is 9.88. The quantitative estimate of drug-likeness (QED) is 0.0726. The van der Waals surface area contributed by atoms with Crippen molar-refractivity contribution in [2.24, 2.45) is 0 Å². The van der Waals surface area contributed by atoms with Crippen LogP contribution in [0.15, 0.2) is 103 Å². The molecule has 10 nitrogen and oxygen atoms in total. The summed E-state index contributed by atoms with van der Waals surface area (Å²) in [5.74, 6) is -1.33. The number of hydrogen-bond donors (Lipinski definition) is 2. The number of unbranched alkanes of at least 4 members (excludes halogenated alkanes) is 2. The number of amides is 5. The van der Waals surface area contributed by atoms with Gasteiger partial charge in [0.2, 0.25) is 17.7 Å². The van der Waals surface area contributed by atoms with Gasteiger partial charge in [0.15, 0.2) is 0 Å². The number of carbonyl (C=O) groups excluding carboxylic acids is 5. The Balaban J connectivity index is 0.939. The van der Waals surface area contributed by atoms with Crippen molar-refractivity contribution in [2.75, 3.05) is 32.1 Å². The molecule has 1 atom stereocenters. The van der Waals surface area contributed by atoms with E-state index in [1.807, 2.05) is 24.3 Å². The molecule has 0 saturated carbocycles. The fourth-order valence-corrected chi connectivity index (χ4v) is 7.08. The molecular weight excluding hydrogens is 681 g/mol. The second-order valence-electron chi connectivity index (χ2n) is 13.5. The molecule has 1 unspecified atom stereocenters. The van der Waals surface area contributed by atoms with Crippen molar-refractivity contribution in [3.63, 3.8) is 0 Å². The van der Waals surface area contributed by atoms with Crippen LogP contribution in [-0.4, -0.2) is 72.1 Å². The van der Waals surface area contributed by atoms with Crippen LogP contribution in [0, 0.1) is 0 Å². The summed E-state index contributed by atoms with van der Waals surface area (Å²) >= 11 is 0. The first-order chi connectivity index (χ1) is 26.3. The molecule has 0 aliphatic carbocycles. The lowest BCUT2D eigenvalue weighted by Crippen LogP contribution is -2.54. The molecule has 0 bridgehead atoms. The van der Waals surface area contributed by atoms with Gasteiger partial charge in [-0.25, -0.2) is 0 Å². The minimum atomic E-state index is -1.01. The van der Waals surface area contributed by atoms with Crippen molar-refractivity contribution in [3.05, 3.63) is 131 Å². The highest BCUT2D eigenvalue weighted by molar-refractivity contribution is 6.25. The molecule has 2 heterocycles. The zero-order chi connectivity index (χ0) is 38.0. The summed E-state index contributed by atoms with van der Waals surface area (Å²) in [5, 5.41) is 5.47. The van der Waals surface area contributed by atoms with Gasteiger partial charge in [-0.1, -0.05) is 92.2 Å². The van der Waals surface area contributed by atoms with Crippen molar-refractivity contribution >= 4 is 46.4 Å². The van der Waals surface area contributed by atoms with Crippen LogP contribution in [0.5, 0.6) is 5.75 Å². The third kappa shape index (κ3) is 8.60. The number of carbonyl (C=O) groups is 5. The maximum atomic E-state index is 13.3. The molecule has 2 N–H and O–H groups in total. The molecule has 2 aliphatic rings. The zero-order valence-electron chi connectivity index (χ0n) is 30.8. The predicted molar refractivity (Wildman–Crippen MR) is 209 cm³/mol. The zero-order valence-corrected chi connectivity index (χ0v) is 30.8. The second-order valence-corrected chi connectivity index (χ2v) is 13.5. The predicted octanol–water partition coefficient (Wildman–Crippen LogP) is 6.97. The highest BCUT2D eigenvalue weighted by Gasteiger charge is 2.45. The lowest BCUT2D eigenvalue weighted by Gasteiger charge is -2.27. The van der Waals surface area contributed by atoms with E-state index in [0.717, 1.165) is 41.0 Å². The Labute approximate surface area is 316 Å². The first-order valence-electron chi connectivity index (χ1n) is 18.7. The number of ether oxygens (including phenoxy) is 1. The van der Waals surface area contributed by atoms with Crippen molar-refractivity contribution < 1.29 is 28.7 Å². The van der Waals surface area contributed by atoms with E-state index < -0.39 is 29.7 Å². The van der Waals surface area contributed by atoms with E-state index in [1.165, 1.54) is 16.7 Å². The molecule has 10 heteroatoms. The molecule has 0 spiro atoms. The molecule has 0 aromatic heterocycles. The van der Waals surface area contributed by atoms with Crippen LogP contribution in [0.1, 0.15) is 89.3 Å². The number of nitrogens with one attached hydrogen (secondary N) is 2. The van der Waals surface area contributed by atoms with Gasteiger partial charge < -0.3 is 15.0 Å². The minimum absolute atomic E-state index is 0.0473.